The number of hydrogen-bond donors (Lipinski definition) is 2. The minimum atomic E-state index is -1.18. The maximum Gasteiger partial charge on any atom is 0.434 e. The van der Waals surface area contributed by atoms with Crippen LogP contribution in [-0.4, -0.2) is 26.9 Å². The van der Waals surface area contributed by atoms with E-state index in [0.717, 1.165) is 56.9 Å². The number of carbonyl (C=O) groups excluding carboxylic acids is 2. The fourth-order valence-corrected chi connectivity index (χ4v) is 9.70. The second kappa shape index (κ2) is 11.0. The van der Waals surface area contributed by atoms with E-state index in [9.17, 15) is 14.4 Å². The van der Waals surface area contributed by atoms with E-state index in [1.807, 2.05) is 6.07 Å². The van der Waals surface area contributed by atoms with Gasteiger partial charge in [-0.1, -0.05) is 43.1 Å². The molecule has 3 aliphatic carbocycles. The Morgan fingerprint density at radius 1 is 1.07 bits per heavy atom. The third-order valence-electron chi connectivity index (χ3n) is 11.7. The van der Waals surface area contributed by atoms with Gasteiger partial charge < -0.3 is 9.73 Å². The van der Waals surface area contributed by atoms with Crippen molar-refractivity contribution in [2.24, 2.45) is 22.7 Å². The van der Waals surface area contributed by atoms with Crippen LogP contribution in [0.5, 0.6) is 0 Å². The zero-order chi connectivity index (χ0) is 31.7. The van der Waals surface area contributed by atoms with Crippen LogP contribution in [0.4, 0.5) is 10.1 Å². The lowest BCUT2D eigenvalue weighted by atomic mass is 9.51. The van der Waals surface area contributed by atoms with Gasteiger partial charge in [-0.3, -0.25) is 9.59 Å². The zero-order valence-electron chi connectivity index (χ0n) is 25.4. The van der Waals surface area contributed by atoms with Crippen molar-refractivity contribution in [1.29, 1.82) is 0 Å². The molecule has 11 heteroatoms. The molecule has 0 saturated heterocycles. The maximum absolute atomic E-state index is 16.1. The molecule has 2 N–H and O–H groups in total. The van der Waals surface area contributed by atoms with Gasteiger partial charge in [0.25, 0.3) is 0 Å². The molecule has 238 valence electrons. The second-order valence-electron chi connectivity index (χ2n) is 14.5. The van der Waals surface area contributed by atoms with Crippen LogP contribution in [0.3, 0.4) is 0 Å². The summed E-state index contributed by atoms with van der Waals surface area (Å²) >= 11 is 12.7. The maximum atomic E-state index is 16.1. The van der Waals surface area contributed by atoms with Crippen LogP contribution in [0.2, 0.25) is 10.2 Å². The fourth-order valence-electron chi connectivity index (χ4n) is 9.36. The SMILES string of the molecule is CC1(C)CCC2(CC1)C[C@@H](C(=O)CC1CCC(c3n[nH]c(=O)o3)CC1)[C@H](c1ccnc(Cl)c1F)[C@]21C(=O)Nc2cc(Cl)ccc21. The molecule has 0 bridgehead atoms. The number of ketones is 1. The smallest absolute Gasteiger partial charge is 0.392 e. The molecule has 3 atom stereocenters. The van der Waals surface area contributed by atoms with Gasteiger partial charge in [-0.25, -0.2) is 19.3 Å². The van der Waals surface area contributed by atoms with Crippen molar-refractivity contribution in [3.8, 4) is 0 Å². The molecule has 1 aromatic carbocycles. The Bertz CT molecular complexity index is 1720. The van der Waals surface area contributed by atoms with E-state index in [1.54, 1.807) is 18.2 Å². The van der Waals surface area contributed by atoms with E-state index >= 15 is 4.39 Å². The first-order valence-electron chi connectivity index (χ1n) is 15.9. The van der Waals surface area contributed by atoms with Gasteiger partial charge in [-0.2, -0.15) is 0 Å². The first-order valence-corrected chi connectivity index (χ1v) is 16.7. The van der Waals surface area contributed by atoms with Crippen molar-refractivity contribution in [2.75, 3.05) is 5.32 Å². The van der Waals surface area contributed by atoms with Gasteiger partial charge in [0.2, 0.25) is 11.8 Å². The number of halogens is 3. The van der Waals surface area contributed by atoms with Crippen LogP contribution in [0.1, 0.15) is 107 Å². The van der Waals surface area contributed by atoms with Crippen LogP contribution in [-0.2, 0) is 15.0 Å². The molecule has 3 aromatic rings. The van der Waals surface area contributed by atoms with Gasteiger partial charge >= 0.3 is 5.76 Å². The van der Waals surface area contributed by atoms with Crippen molar-refractivity contribution >= 4 is 40.6 Å². The topological polar surface area (TPSA) is 118 Å². The molecule has 7 rings (SSSR count). The van der Waals surface area contributed by atoms with Crippen molar-refractivity contribution in [2.45, 2.75) is 95.3 Å². The van der Waals surface area contributed by atoms with E-state index in [-0.39, 0.29) is 39.7 Å². The summed E-state index contributed by atoms with van der Waals surface area (Å²) in [5.41, 5.74) is 0.0340. The van der Waals surface area contributed by atoms with Gasteiger partial charge in [0.15, 0.2) is 11.0 Å². The number of nitrogens with one attached hydrogen (secondary N) is 2. The minimum Gasteiger partial charge on any atom is -0.392 e. The Hall–Kier alpha value is -3.04. The number of fused-ring (bicyclic) bond motifs is 3. The standard InChI is InChI=1S/C34H37Cl2FN4O4/c1-32(2)10-12-33(13-11-32)17-22(25(42)15-18-3-5-19(6-4-18)29-40-41-31(44)45-29)26(21-9-14-38-28(36)27(21)37)34(33)23-8-7-20(35)16-24(23)39-30(34)43/h7-9,14,16,18-19,22,26H,3-6,10-13,15,17H2,1-2H3,(H,39,43)(H,41,44)/t18?,19?,22-,26-,34+/m0/s1. The van der Waals surface area contributed by atoms with Crippen LogP contribution < -0.4 is 11.1 Å². The number of H-pyrrole nitrogens is 1. The Morgan fingerprint density at radius 2 is 1.80 bits per heavy atom. The quantitative estimate of drug-likeness (QED) is 0.272. The normalized spacial score (nSPS) is 30.0. The molecule has 4 aliphatic rings. The first kappa shape index (κ1) is 30.6. The summed E-state index contributed by atoms with van der Waals surface area (Å²) in [7, 11) is 0. The number of Topliss-reactive ketones (excluding diaryl/α,β-unsaturated/α-hetero) is 1. The van der Waals surface area contributed by atoms with Crippen LogP contribution in [0.25, 0.3) is 0 Å². The Labute approximate surface area is 270 Å². The molecular formula is C34H37Cl2FN4O4. The lowest BCUT2D eigenvalue weighted by Gasteiger charge is -2.51. The van der Waals surface area contributed by atoms with Crippen molar-refractivity contribution in [3.63, 3.8) is 0 Å². The number of anilines is 1. The van der Waals surface area contributed by atoms with E-state index in [2.05, 4.69) is 34.3 Å². The molecule has 1 aliphatic heterocycles. The number of benzene rings is 1. The van der Waals surface area contributed by atoms with E-state index in [1.165, 1.54) is 6.20 Å². The zero-order valence-corrected chi connectivity index (χ0v) is 26.9. The van der Waals surface area contributed by atoms with Crippen LogP contribution >= 0.6 is 23.2 Å². The highest BCUT2D eigenvalue weighted by molar-refractivity contribution is 6.31. The van der Waals surface area contributed by atoms with Crippen molar-refractivity contribution < 1.29 is 18.4 Å². The molecule has 2 spiro atoms. The van der Waals surface area contributed by atoms with Crippen LogP contribution in [0.15, 0.2) is 39.7 Å². The minimum absolute atomic E-state index is 0.0326. The van der Waals surface area contributed by atoms with Crippen molar-refractivity contribution in [3.05, 3.63) is 74.0 Å². The third kappa shape index (κ3) is 4.87. The van der Waals surface area contributed by atoms with Gasteiger partial charge in [0.05, 0.1) is 5.41 Å². The summed E-state index contributed by atoms with van der Waals surface area (Å²) in [6, 6.07) is 7.03. The second-order valence-corrected chi connectivity index (χ2v) is 15.3. The fraction of sp³-hybridized carbons (Fsp3) is 0.559. The summed E-state index contributed by atoms with van der Waals surface area (Å²) in [6.45, 7) is 4.49. The average molecular weight is 656 g/mol. The lowest BCUT2D eigenvalue weighted by molar-refractivity contribution is -0.127. The highest BCUT2D eigenvalue weighted by Crippen LogP contribution is 2.72. The largest absolute Gasteiger partial charge is 0.434 e. The Morgan fingerprint density at radius 3 is 2.49 bits per heavy atom. The molecule has 2 aromatic heterocycles. The molecule has 1 amide bonds. The number of pyridine rings is 1. The van der Waals surface area contributed by atoms with E-state index in [0.29, 0.717) is 29.4 Å². The monoisotopic (exact) mass is 654 g/mol. The highest BCUT2D eigenvalue weighted by atomic mass is 35.5. The molecule has 3 heterocycles. The van der Waals surface area contributed by atoms with Gasteiger partial charge in [-0.15, -0.1) is 5.10 Å². The van der Waals surface area contributed by atoms with Crippen molar-refractivity contribution in [1.82, 2.24) is 15.2 Å². The first-order chi connectivity index (χ1) is 21.4. The molecule has 3 fully saturated rings. The molecule has 3 saturated carbocycles. The molecule has 0 radical (unpaired) electrons. The number of aromatic amines is 1. The lowest BCUT2D eigenvalue weighted by Crippen LogP contribution is -2.52. The summed E-state index contributed by atoms with van der Waals surface area (Å²) < 4.78 is 21.3. The average Bonchev–Trinajstić information content (AvgIpc) is 3.65. The molecule has 45 heavy (non-hydrogen) atoms. The van der Waals surface area contributed by atoms with Gasteiger partial charge in [-0.05, 0) is 104 Å². The summed E-state index contributed by atoms with van der Waals surface area (Å²) in [4.78, 5) is 44.7. The van der Waals surface area contributed by atoms with Crippen LogP contribution in [0, 0.1) is 28.5 Å². The molecule has 8 nitrogen and oxygen atoms in total. The summed E-state index contributed by atoms with van der Waals surface area (Å²) in [5, 5.41) is 9.69. The number of hydrogen-bond acceptors (Lipinski definition) is 6. The number of rotatable bonds is 5. The number of aromatic nitrogens is 3. The predicted molar refractivity (Wildman–Crippen MR) is 168 cm³/mol. The van der Waals surface area contributed by atoms with E-state index in [4.69, 9.17) is 27.6 Å². The molecular weight excluding hydrogens is 618 g/mol. The molecule has 0 unspecified atom stereocenters. The number of carbonyl (C=O) groups is 2. The predicted octanol–water partition coefficient (Wildman–Crippen LogP) is 7.72. The Kier molecular flexibility index (Phi) is 7.51. The van der Waals surface area contributed by atoms with Gasteiger partial charge in [0, 0.05) is 41.1 Å². The summed E-state index contributed by atoms with van der Waals surface area (Å²) in [5.74, 6) is -2.15. The van der Waals surface area contributed by atoms with E-state index < -0.39 is 34.2 Å². The number of amides is 1. The number of nitrogens with zero attached hydrogens (tertiary/aromatic N) is 2. The summed E-state index contributed by atoms with van der Waals surface area (Å²) in [6.07, 6.45) is 8.67. The Balaban J connectivity index is 1.30. The third-order valence-corrected chi connectivity index (χ3v) is 12.2. The highest BCUT2D eigenvalue weighted by Gasteiger charge is 2.72. The van der Waals surface area contributed by atoms with Gasteiger partial charge in [0.1, 0.15) is 5.78 Å².